The van der Waals surface area contributed by atoms with Crippen LogP contribution in [0, 0.1) is 5.41 Å². The highest BCUT2D eigenvalue weighted by Gasteiger charge is 2.20. The van der Waals surface area contributed by atoms with Gasteiger partial charge in [-0.1, -0.05) is 36.7 Å². The molecule has 0 spiro atoms. The van der Waals surface area contributed by atoms with Gasteiger partial charge >= 0.3 is 0 Å². The third-order valence-corrected chi connectivity index (χ3v) is 2.59. The molecule has 78 valence electrons. The van der Waals surface area contributed by atoms with E-state index < -0.39 is 0 Å². The van der Waals surface area contributed by atoms with Crippen LogP contribution in [0.25, 0.3) is 0 Å². The summed E-state index contributed by atoms with van der Waals surface area (Å²) in [6, 6.07) is 4.20. The number of rotatable bonds is 4. The zero-order valence-corrected chi connectivity index (χ0v) is 10.7. The van der Waals surface area contributed by atoms with Crippen LogP contribution in [-0.4, -0.2) is 9.81 Å². The van der Waals surface area contributed by atoms with Gasteiger partial charge in [0, 0.05) is 17.2 Å². The Bertz CT molecular complexity index is 267. The molecule has 0 amide bonds. The summed E-state index contributed by atoms with van der Waals surface area (Å²) in [5.41, 5.74) is 1.72. The minimum atomic E-state index is 0.351. The maximum atomic E-state index is 4.03. The van der Waals surface area contributed by atoms with Crippen LogP contribution in [0.15, 0.2) is 24.5 Å². The largest absolute Gasteiger partial charge is 0.265 e. The van der Waals surface area contributed by atoms with Crippen molar-refractivity contribution in [2.24, 2.45) is 5.41 Å². The van der Waals surface area contributed by atoms with E-state index in [1.165, 1.54) is 12.0 Å². The molecule has 14 heavy (non-hydrogen) atoms. The quantitative estimate of drug-likeness (QED) is 0.746. The molecule has 1 nitrogen and oxygen atoms in total. The van der Waals surface area contributed by atoms with Crippen molar-refractivity contribution < 1.29 is 0 Å². The summed E-state index contributed by atoms with van der Waals surface area (Å²) in [7, 11) is 0. The molecule has 2 heteroatoms. The van der Waals surface area contributed by atoms with Gasteiger partial charge in [0.1, 0.15) is 0 Å². The first-order valence-corrected chi connectivity index (χ1v) is 5.94. The molecule has 0 fully saturated rings. The number of hydrogen-bond donors (Lipinski definition) is 0. The average Bonchev–Trinajstić information content (AvgIpc) is 2.02. The molecule has 0 radical (unpaired) electrons. The molecule has 0 aliphatic rings. The van der Waals surface area contributed by atoms with Gasteiger partial charge in [0.25, 0.3) is 0 Å². The standard InChI is InChI=1S/C12H18BrN/c1-10(13)8-12(2,3)9-11-4-6-14-7-5-11/h4-7,10H,8-9H2,1-3H3. The van der Waals surface area contributed by atoms with Crippen LogP contribution in [0.1, 0.15) is 32.8 Å². The lowest BCUT2D eigenvalue weighted by molar-refractivity contribution is 0.335. The van der Waals surface area contributed by atoms with Crippen LogP contribution in [0.2, 0.25) is 0 Å². The Labute approximate surface area is 95.1 Å². The van der Waals surface area contributed by atoms with Crippen LogP contribution in [-0.2, 0) is 6.42 Å². The lowest BCUT2D eigenvalue weighted by atomic mass is 9.82. The van der Waals surface area contributed by atoms with Crippen molar-refractivity contribution >= 4 is 15.9 Å². The maximum Gasteiger partial charge on any atom is 0.0270 e. The Morgan fingerprint density at radius 2 is 1.93 bits per heavy atom. The molecule has 1 rings (SSSR count). The van der Waals surface area contributed by atoms with Crippen LogP contribution in [0.3, 0.4) is 0 Å². The van der Waals surface area contributed by atoms with E-state index in [1.807, 2.05) is 12.4 Å². The van der Waals surface area contributed by atoms with Crippen molar-refractivity contribution in [2.45, 2.75) is 38.4 Å². The van der Waals surface area contributed by atoms with E-state index >= 15 is 0 Å². The normalized spacial score (nSPS) is 14.0. The second kappa shape index (κ2) is 4.92. The van der Waals surface area contributed by atoms with E-state index in [4.69, 9.17) is 0 Å². The highest BCUT2D eigenvalue weighted by atomic mass is 79.9. The zero-order chi connectivity index (χ0) is 10.6. The van der Waals surface area contributed by atoms with Gasteiger partial charge in [-0.05, 0) is 36.0 Å². The molecule has 1 atom stereocenters. The Kier molecular flexibility index (Phi) is 4.11. The fourth-order valence-electron chi connectivity index (χ4n) is 1.89. The third-order valence-electron chi connectivity index (χ3n) is 2.27. The summed E-state index contributed by atoms with van der Waals surface area (Å²) in [4.78, 5) is 4.61. The van der Waals surface area contributed by atoms with E-state index in [1.54, 1.807) is 0 Å². The van der Waals surface area contributed by atoms with E-state index in [9.17, 15) is 0 Å². The van der Waals surface area contributed by atoms with Gasteiger partial charge < -0.3 is 0 Å². The maximum absolute atomic E-state index is 4.03. The van der Waals surface area contributed by atoms with Gasteiger partial charge in [-0.15, -0.1) is 0 Å². The number of halogens is 1. The van der Waals surface area contributed by atoms with Gasteiger partial charge in [0.15, 0.2) is 0 Å². The monoisotopic (exact) mass is 255 g/mol. The predicted octanol–water partition coefficient (Wildman–Crippen LogP) is 3.82. The van der Waals surface area contributed by atoms with Gasteiger partial charge in [-0.3, -0.25) is 4.98 Å². The molecule has 0 bridgehead atoms. The molecule has 1 aromatic rings. The number of aromatic nitrogens is 1. The summed E-state index contributed by atoms with van der Waals surface area (Å²) >= 11 is 3.61. The third kappa shape index (κ3) is 4.23. The summed E-state index contributed by atoms with van der Waals surface area (Å²) in [6.07, 6.45) is 6.03. The summed E-state index contributed by atoms with van der Waals surface area (Å²) in [5.74, 6) is 0. The fourth-order valence-corrected chi connectivity index (χ4v) is 2.76. The van der Waals surface area contributed by atoms with Crippen LogP contribution in [0.4, 0.5) is 0 Å². The molecule has 0 saturated heterocycles. The number of hydrogen-bond acceptors (Lipinski definition) is 1. The van der Waals surface area contributed by atoms with Crippen molar-refractivity contribution in [2.75, 3.05) is 0 Å². The first kappa shape index (κ1) is 11.7. The van der Waals surface area contributed by atoms with Crippen molar-refractivity contribution in [3.8, 4) is 0 Å². The molecule has 1 aromatic heterocycles. The Balaban J connectivity index is 2.59. The van der Waals surface area contributed by atoms with E-state index in [0.29, 0.717) is 10.2 Å². The first-order valence-electron chi connectivity index (χ1n) is 5.02. The fraction of sp³-hybridized carbons (Fsp3) is 0.583. The van der Waals surface area contributed by atoms with Crippen molar-refractivity contribution in [3.63, 3.8) is 0 Å². The van der Waals surface area contributed by atoms with Gasteiger partial charge in [0.05, 0.1) is 0 Å². The molecular weight excluding hydrogens is 238 g/mol. The lowest BCUT2D eigenvalue weighted by Crippen LogP contribution is -2.18. The van der Waals surface area contributed by atoms with Crippen molar-refractivity contribution in [3.05, 3.63) is 30.1 Å². The first-order chi connectivity index (χ1) is 6.49. The highest BCUT2D eigenvalue weighted by Crippen LogP contribution is 2.29. The Morgan fingerprint density at radius 3 is 2.43 bits per heavy atom. The number of alkyl halides is 1. The zero-order valence-electron chi connectivity index (χ0n) is 9.13. The topological polar surface area (TPSA) is 12.9 Å². The molecule has 0 aromatic carbocycles. The minimum Gasteiger partial charge on any atom is -0.265 e. The van der Waals surface area contributed by atoms with Crippen LogP contribution >= 0.6 is 15.9 Å². The minimum absolute atomic E-state index is 0.351. The van der Waals surface area contributed by atoms with Gasteiger partial charge in [0.2, 0.25) is 0 Å². The summed E-state index contributed by atoms with van der Waals surface area (Å²) in [5, 5.41) is 0. The van der Waals surface area contributed by atoms with Gasteiger partial charge in [-0.2, -0.15) is 0 Å². The summed E-state index contributed by atoms with van der Waals surface area (Å²) in [6.45, 7) is 6.82. The molecule has 0 aliphatic carbocycles. The second-order valence-electron chi connectivity index (χ2n) is 4.68. The second-order valence-corrected chi connectivity index (χ2v) is 6.24. The van der Waals surface area contributed by atoms with Crippen molar-refractivity contribution in [1.82, 2.24) is 4.98 Å². The molecule has 0 N–H and O–H groups in total. The molecular formula is C12H18BrN. The van der Waals surface area contributed by atoms with Crippen molar-refractivity contribution in [1.29, 1.82) is 0 Å². The van der Waals surface area contributed by atoms with E-state index in [-0.39, 0.29) is 0 Å². The Hall–Kier alpha value is -0.370. The SMILES string of the molecule is CC(Br)CC(C)(C)Cc1ccncc1. The van der Waals surface area contributed by atoms with E-state index in [0.717, 1.165) is 6.42 Å². The number of nitrogens with zero attached hydrogens (tertiary/aromatic N) is 1. The lowest BCUT2D eigenvalue weighted by Gasteiger charge is -2.26. The Morgan fingerprint density at radius 1 is 1.36 bits per heavy atom. The predicted molar refractivity (Wildman–Crippen MR) is 64.7 cm³/mol. The smallest absolute Gasteiger partial charge is 0.0270 e. The molecule has 1 heterocycles. The molecule has 1 unspecified atom stereocenters. The molecule has 0 saturated carbocycles. The van der Waals surface area contributed by atoms with Gasteiger partial charge in [-0.25, -0.2) is 0 Å². The average molecular weight is 256 g/mol. The van der Waals surface area contributed by atoms with Crippen LogP contribution < -0.4 is 0 Å². The number of pyridine rings is 1. The summed E-state index contributed by atoms with van der Waals surface area (Å²) < 4.78 is 0. The molecule has 0 aliphatic heterocycles. The van der Waals surface area contributed by atoms with E-state index in [2.05, 4.69) is 53.8 Å². The highest BCUT2D eigenvalue weighted by molar-refractivity contribution is 9.09. The van der Waals surface area contributed by atoms with Crippen LogP contribution in [0.5, 0.6) is 0 Å².